The van der Waals surface area contributed by atoms with E-state index in [1.54, 1.807) is 19.1 Å². The molecule has 26 heavy (non-hydrogen) atoms. The van der Waals surface area contributed by atoms with Gasteiger partial charge < -0.3 is 9.15 Å². The van der Waals surface area contributed by atoms with E-state index in [0.29, 0.717) is 37.3 Å². The van der Waals surface area contributed by atoms with Crippen LogP contribution in [0, 0.1) is 12.8 Å². The van der Waals surface area contributed by atoms with Gasteiger partial charge in [-0.05, 0) is 44.4 Å². The summed E-state index contributed by atoms with van der Waals surface area (Å²) in [4.78, 5) is 23.9. The van der Waals surface area contributed by atoms with E-state index in [9.17, 15) is 18.0 Å². The van der Waals surface area contributed by atoms with Crippen molar-refractivity contribution in [1.82, 2.24) is 4.31 Å². The number of esters is 1. The maximum atomic E-state index is 12.4. The van der Waals surface area contributed by atoms with Gasteiger partial charge in [-0.3, -0.25) is 4.79 Å². The van der Waals surface area contributed by atoms with E-state index in [1.807, 2.05) is 6.92 Å². The monoisotopic (exact) mass is 379 g/mol. The lowest BCUT2D eigenvalue weighted by molar-refractivity contribution is -0.140. The van der Waals surface area contributed by atoms with Gasteiger partial charge in [0.05, 0.1) is 11.7 Å². The number of sulfonamides is 1. The van der Waals surface area contributed by atoms with Crippen molar-refractivity contribution in [3.05, 3.63) is 40.2 Å². The van der Waals surface area contributed by atoms with Crippen LogP contribution in [0.4, 0.5) is 0 Å². The van der Waals surface area contributed by atoms with Gasteiger partial charge in [0.2, 0.25) is 10.0 Å². The normalized spacial score (nSPS) is 16.7. The molecular weight excluding hydrogens is 358 g/mol. The van der Waals surface area contributed by atoms with Crippen molar-refractivity contribution in [3.63, 3.8) is 0 Å². The Morgan fingerprint density at radius 2 is 1.96 bits per heavy atom. The lowest BCUT2D eigenvalue weighted by Gasteiger charge is -2.29. The molecule has 0 spiro atoms. The summed E-state index contributed by atoms with van der Waals surface area (Å²) in [7, 11) is -3.22. The Morgan fingerprint density at radius 1 is 1.27 bits per heavy atom. The molecule has 7 nitrogen and oxygen atoms in total. The summed E-state index contributed by atoms with van der Waals surface area (Å²) in [5.74, 6) is -0.379. The summed E-state index contributed by atoms with van der Waals surface area (Å²) in [6.07, 6.45) is 0.861. The summed E-state index contributed by atoms with van der Waals surface area (Å²) >= 11 is 0. The first-order valence-corrected chi connectivity index (χ1v) is 10.1. The largest absolute Gasteiger partial charge is 0.426 e. The number of fused-ring (bicyclic) bond motifs is 1. The zero-order valence-corrected chi connectivity index (χ0v) is 15.5. The van der Waals surface area contributed by atoms with Crippen LogP contribution in [0.5, 0.6) is 5.75 Å². The molecule has 1 saturated heterocycles. The fourth-order valence-electron chi connectivity index (χ4n) is 3.12. The van der Waals surface area contributed by atoms with Crippen molar-refractivity contribution < 1.29 is 22.4 Å². The number of benzene rings is 1. The fraction of sp³-hybridized carbons (Fsp3) is 0.444. The van der Waals surface area contributed by atoms with E-state index >= 15 is 0 Å². The molecule has 1 aromatic carbocycles. The second-order valence-electron chi connectivity index (χ2n) is 6.40. The minimum absolute atomic E-state index is 0.0593. The molecule has 2 heterocycles. The van der Waals surface area contributed by atoms with Gasteiger partial charge in [-0.25, -0.2) is 17.5 Å². The molecule has 0 aliphatic carbocycles. The Morgan fingerprint density at radius 3 is 2.62 bits per heavy atom. The average Bonchev–Trinajstić information content (AvgIpc) is 2.61. The Balaban J connectivity index is 1.69. The fourth-order valence-corrected chi connectivity index (χ4v) is 4.25. The maximum Gasteiger partial charge on any atom is 0.336 e. The number of hydrogen-bond acceptors (Lipinski definition) is 6. The highest BCUT2D eigenvalue weighted by molar-refractivity contribution is 7.89. The molecule has 1 fully saturated rings. The topological polar surface area (TPSA) is 93.9 Å². The first kappa shape index (κ1) is 18.6. The van der Waals surface area contributed by atoms with E-state index in [1.165, 1.54) is 16.4 Å². The molecule has 0 amide bonds. The highest BCUT2D eigenvalue weighted by Gasteiger charge is 2.31. The highest BCUT2D eigenvalue weighted by Crippen LogP contribution is 2.25. The number of rotatable bonds is 4. The van der Waals surface area contributed by atoms with E-state index in [0.717, 1.165) is 10.9 Å². The third-order valence-electron chi connectivity index (χ3n) is 4.69. The molecule has 0 saturated carbocycles. The van der Waals surface area contributed by atoms with Crippen molar-refractivity contribution in [1.29, 1.82) is 0 Å². The van der Waals surface area contributed by atoms with Crippen molar-refractivity contribution in [2.45, 2.75) is 26.7 Å². The number of hydrogen-bond donors (Lipinski definition) is 0. The summed E-state index contributed by atoms with van der Waals surface area (Å²) in [6, 6.07) is 6.33. The molecule has 1 aliphatic rings. The molecule has 0 N–H and O–H groups in total. The third kappa shape index (κ3) is 3.81. The molecule has 8 heteroatoms. The van der Waals surface area contributed by atoms with Crippen LogP contribution < -0.4 is 10.4 Å². The molecule has 1 aliphatic heterocycles. The Labute approximate surface area is 151 Å². The number of nitrogens with zero attached hydrogens (tertiary/aromatic N) is 1. The van der Waals surface area contributed by atoms with Crippen molar-refractivity contribution in [3.8, 4) is 5.75 Å². The molecular formula is C18H21NO6S. The summed E-state index contributed by atoms with van der Waals surface area (Å²) < 4.78 is 35.7. The standard InChI is InChI=1S/C18H21NO6S/c1-3-26(22,23)19-8-6-13(7-9-19)18(21)24-14-4-5-15-12(2)10-17(20)25-16(15)11-14/h4-5,10-11,13H,3,6-9H2,1-2H3. The zero-order chi connectivity index (χ0) is 18.9. The van der Waals surface area contributed by atoms with E-state index in [-0.39, 0.29) is 11.7 Å². The first-order valence-electron chi connectivity index (χ1n) is 8.54. The number of carbonyl (C=O) groups is 1. The van der Waals surface area contributed by atoms with Crippen LogP contribution in [0.15, 0.2) is 33.5 Å². The van der Waals surface area contributed by atoms with Crippen LogP contribution in [-0.4, -0.2) is 37.5 Å². The predicted octanol–water partition coefficient (Wildman–Crippen LogP) is 2.07. The number of ether oxygens (including phenoxy) is 1. The summed E-state index contributed by atoms with van der Waals surface area (Å²) in [5.41, 5.74) is 0.700. The Hall–Kier alpha value is -2.19. The van der Waals surface area contributed by atoms with E-state index < -0.39 is 21.6 Å². The first-order chi connectivity index (χ1) is 12.3. The van der Waals surface area contributed by atoms with Gasteiger partial charge in [0.25, 0.3) is 0 Å². The van der Waals surface area contributed by atoms with Gasteiger partial charge >= 0.3 is 11.6 Å². The van der Waals surface area contributed by atoms with Gasteiger partial charge in [-0.15, -0.1) is 0 Å². The minimum atomic E-state index is -3.22. The molecule has 140 valence electrons. The smallest absolute Gasteiger partial charge is 0.336 e. The van der Waals surface area contributed by atoms with Crippen molar-refractivity contribution in [2.24, 2.45) is 5.92 Å². The number of piperidine rings is 1. The van der Waals surface area contributed by atoms with E-state index in [2.05, 4.69) is 0 Å². The van der Waals surface area contributed by atoms with Crippen LogP contribution in [0.3, 0.4) is 0 Å². The van der Waals surface area contributed by atoms with Crippen LogP contribution in [-0.2, 0) is 14.8 Å². The van der Waals surface area contributed by atoms with Gasteiger partial charge in [-0.2, -0.15) is 0 Å². The van der Waals surface area contributed by atoms with Crippen molar-refractivity contribution >= 4 is 27.0 Å². The Kier molecular flexibility index (Phi) is 5.15. The number of aryl methyl sites for hydroxylation is 1. The van der Waals surface area contributed by atoms with Crippen LogP contribution in [0.2, 0.25) is 0 Å². The molecule has 1 aromatic heterocycles. The lowest BCUT2D eigenvalue weighted by atomic mass is 9.98. The third-order valence-corrected chi connectivity index (χ3v) is 6.57. The maximum absolute atomic E-state index is 12.4. The number of carbonyl (C=O) groups excluding carboxylic acids is 1. The van der Waals surface area contributed by atoms with E-state index in [4.69, 9.17) is 9.15 Å². The minimum Gasteiger partial charge on any atom is -0.426 e. The molecule has 0 atom stereocenters. The van der Waals surface area contributed by atoms with Gasteiger partial charge in [0.15, 0.2) is 0 Å². The van der Waals surface area contributed by atoms with Gasteiger partial charge in [0, 0.05) is 30.6 Å². The SMILES string of the molecule is CCS(=O)(=O)N1CCC(C(=O)Oc2ccc3c(C)cc(=O)oc3c2)CC1. The van der Waals surface area contributed by atoms with Crippen molar-refractivity contribution in [2.75, 3.05) is 18.8 Å². The second kappa shape index (κ2) is 7.20. The second-order valence-corrected chi connectivity index (χ2v) is 8.66. The highest BCUT2D eigenvalue weighted by atomic mass is 32.2. The lowest BCUT2D eigenvalue weighted by Crippen LogP contribution is -2.41. The molecule has 0 unspecified atom stereocenters. The van der Waals surface area contributed by atoms with Gasteiger partial charge in [-0.1, -0.05) is 0 Å². The molecule has 0 radical (unpaired) electrons. The summed E-state index contributed by atoms with van der Waals surface area (Å²) in [5, 5.41) is 0.780. The van der Waals surface area contributed by atoms with Gasteiger partial charge in [0.1, 0.15) is 11.3 Å². The summed E-state index contributed by atoms with van der Waals surface area (Å²) in [6.45, 7) is 4.06. The molecule has 2 aromatic rings. The van der Waals surface area contributed by atoms with Crippen LogP contribution in [0.1, 0.15) is 25.3 Å². The molecule has 3 rings (SSSR count). The zero-order valence-electron chi connectivity index (χ0n) is 14.7. The van der Waals surface area contributed by atoms with Crippen LogP contribution >= 0.6 is 0 Å². The quantitative estimate of drug-likeness (QED) is 0.459. The predicted molar refractivity (Wildman–Crippen MR) is 96.6 cm³/mol. The Bertz CT molecular complexity index is 986. The average molecular weight is 379 g/mol. The van der Waals surface area contributed by atoms with Crippen LogP contribution in [0.25, 0.3) is 11.0 Å². The molecule has 0 bridgehead atoms.